The number of carbonyl (C=O) groups excluding carboxylic acids is 1. The number of aromatic nitrogens is 1. The monoisotopic (exact) mass is 366 g/mol. The minimum absolute atomic E-state index is 0.342. The van der Waals surface area contributed by atoms with E-state index in [-0.39, 0.29) is 0 Å². The van der Waals surface area contributed by atoms with Gasteiger partial charge in [-0.05, 0) is 24.6 Å². The molecule has 0 saturated carbocycles. The molecule has 6 heteroatoms. The Labute approximate surface area is 160 Å². The quantitative estimate of drug-likeness (QED) is 0.848. The molecule has 0 bridgehead atoms. The summed E-state index contributed by atoms with van der Waals surface area (Å²) in [6, 6.07) is 14.2. The van der Waals surface area contributed by atoms with Gasteiger partial charge >= 0.3 is 6.09 Å². The first-order chi connectivity index (χ1) is 13.2. The van der Waals surface area contributed by atoms with Crippen LogP contribution in [0.1, 0.15) is 12.5 Å². The fourth-order valence-corrected chi connectivity index (χ4v) is 3.01. The van der Waals surface area contributed by atoms with Crippen LogP contribution in [0.5, 0.6) is 0 Å². The zero-order valence-corrected chi connectivity index (χ0v) is 15.7. The van der Waals surface area contributed by atoms with Crippen molar-refractivity contribution in [2.45, 2.75) is 6.92 Å². The van der Waals surface area contributed by atoms with Gasteiger partial charge < -0.3 is 9.64 Å². The van der Waals surface area contributed by atoms with Crippen molar-refractivity contribution in [1.29, 1.82) is 0 Å². The number of piperazine rings is 1. The number of nitrogens with one attached hydrogen (secondary N) is 1. The molecule has 0 aliphatic carbocycles. The Morgan fingerprint density at radius 3 is 2.59 bits per heavy atom. The molecule has 2 aromatic rings. The van der Waals surface area contributed by atoms with Crippen LogP contribution in [-0.4, -0.2) is 55.3 Å². The summed E-state index contributed by atoms with van der Waals surface area (Å²) in [5, 5.41) is 2.61. The Morgan fingerprint density at radius 2 is 1.93 bits per heavy atom. The van der Waals surface area contributed by atoms with Gasteiger partial charge in [-0.2, -0.15) is 0 Å². The second kappa shape index (κ2) is 9.73. The van der Waals surface area contributed by atoms with Gasteiger partial charge in [-0.1, -0.05) is 42.5 Å². The summed E-state index contributed by atoms with van der Waals surface area (Å²) in [4.78, 5) is 20.5. The lowest BCUT2D eigenvalue weighted by molar-refractivity contribution is 0.168. The molecule has 1 aromatic carbocycles. The van der Waals surface area contributed by atoms with Gasteiger partial charge in [0.05, 0.1) is 18.5 Å². The molecule has 142 valence electrons. The number of nitrogens with zero attached hydrogens (tertiary/aromatic N) is 3. The highest BCUT2D eigenvalue weighted by Crippen LogP contribution is 2.17. The van der Waals surface area contributed by atoms with Gasteiger partial charge in [-0.15, -0.1) is 0 Å². The van der Waals surface area contributed by atoms with Crippen LogP contribution in [0.25, 0.3) is 6.08 Å². The lowest BCUT2D eigenvalue weighted by Gasteiger charge is -2.35. The molecule has 3 rings (SSSR count). The zero-order chi connectivity index (χ0) is 18.9. The van der Waals surface area contributed by atoms with Crippen LogP contribution in [0.3, 0.4) is 0 Å². The first kappa shape index (κ1) is 18.9. The van der Waals surface area contributed by atoms with E-state index < -0.39 is 6.09 Å². The molecule has 1 fully saturated rings. The predicted octanol–water partition coefficient (Wildman–Crippen LogP) is 3.49. The lowest BCUT2D eigenvalue weighted by Crippen LogP contribution is -2.46. The maximum Gasteiger partial charge on any atom is 0.412 e. The fraction of sp³-hybridized carbons (Fsp3) is 0.333. The highest BCUT2D eigenvalue weighted by Gasteiger charge is 2.16. The molecule has 0 atom stereocenters. The van der Waals surface area contributed by atoms with Gasteiger partial charge in [0.1, 0.15) is 5.82 Å². The highest BCUT2D eigenvalue weighted by atomic mass is 16.5. The van der Waals surface area contributed by atoms with Gasteiger partial charge in [0.25, 0.3) is 0 Å². The third kappa shape index (κ3) is 5.82. The van der Waals surface area contributed by atoms with Crippen LogP contribution >= 0.6 is 0 Å². The first-order valence-corrected chi connectivity index (χ1v) is 9.33. The Morgan fingerprint density at radius 1 is 1.15 bits per heavy atom. The smallest absolute Gasteiger partial charge is 0.412 e. The van der Waals surface area contributed by atoms with E-state index in [0.717, 1.165) is 38.4 Å². The lowest BCUT2D eigenvalue weighted by atomic mass is 10.2. The Hall–Kier alpha value is -2.86. The predicted molar refractivity (Wildman–Crippen MR) is 109 cm³/mol. The number of hydrogen-bond acceptors (Lipinski definition) is 5. The maximum atomic E-state index is 11.4. The minimum atomic E-state index is -0.477. The second-order valence-electron chi connectivity index (χ2n) is 6.35. The third-order valence-corrected chi connectivity index (χ3v) is 4.46. The largest absolute Gasteiger partial charge is 0.450 e. The van der Waals surface area contributed by atoms with Gasteiger partial charge in [0, 0.05) is 32.7 Å². The summed E-state index contributed by atoms with van der Waals surface area (Å²) in [5.74, 6) is 0.502. The topological polar surface area (TPSA) is 57.7 Å². The molecule has 0 radical (unpaired) electrons. The summed E-state index contributed by atoms with van der Waals surface area (Å²) >= 11 is 0. The summed E-state index contributed by atoms with van der Waals surface area (Å²) < 4.78 is 4.85. The van der Waals surface area contributed by atoms with Crippen LogP contribution in [-0.2, 0) is 4.74 Å². The minimum Gasteiger partial charge on any atom is -0.450 e. The summed E-state index contributed by atoms with van der Waals surface area (Å²) in [6.45, 7) is 7.03. The number of anilines is 2. The molecular weight excluding hydrogens is 340 g/mol. The highest BCUT2D eigenvalue weighted by molar-refractivity contribution is 5.83. The van der Waals surface area contributed by atoms with Crippen LogP contribution in [0, 0.1) is 0 Å². The summed E-state index contributed by atoms with van der Waals surface area (Å²) in [7, 11) is 0. The summed E-state index contributed by atoms with van der Waals surface area (Å²) in [5.41, 5.74) is 2.31. The molecular formula is C21H26N4O2. The van der Waals surface area contributed by atoms with Crippen LogP contribution in [0.15, 0.2) is 54.7 Å². The van der Waals surface area contributed by atoms with Crippen molar-refractivity contribution in [2.24, 2.45) is 0 Å². The number of benzene rings is 1. The molecule has 1 aliphatic rings. The van der Waals surface area contributed by atoms with Gasteiger partial charge in [-0.25, -0.2) is 9.78 Å². The number of ether oxygens (including phenoxy) is 1. The SMILES string of the molecule is CCOC(=O)Nc1ccc(N2CCN(C/C=C/c3ccccc3)CC2)cn1. The van der Waals surface area contributed by atoms with E-state index in [9.17, 15) is 4.79 Å². The number of hydrogen-bond donors (Lipinski definition) is 1. The molecule has 1 amide bonds. The Bertz CT molecular complexity index is 739. The zero-order valence-electron chi connectivity index (χ0n) is 15.7. The van der Waals surface area contributed by atoms with Crippen molar-refractivity contribution in [3.05, 3.63) is 60.3 Å². The molecule has 0 unspecified atom stereocenters. The third-order valence-electron chi connectivity index (χ3n) is 4.46. The van der Waals surface area contributed by atoms with E-state index in [2.05, 4.69) is 56.5 Å². The van der Waals surface area contributed by atoms with E-state index in [0.29, 0.717) is 12.4 Å². The molecule has 6 nitrogen and oxygen atoms in total. The number of pyridine rings is 1. The van der Waals surface area contributed by atoms with Gasteiger partial charge in [0.15, 0.2) is 0 Å². The summed E-state index contributed by atoms with van der Waals surface area (Å²) in [6.07, 6.45) is 5.72. The maximum absolute atomic E-state index is 11.4. The Kier molecular flexibility index (Phi) is 6.82. The first-order valence-electron chi connectivity index (χ1n) is 9.33. The van der Waals surface area contributed by atoms with E-state index in [1.807, 2.05) is 12.1 Å². The Balaban J connectivity index is 1.44. The van der Waals surface area contributed by atoms with Crippen molar-refractivity contribution in [3.63, 3.8) is 0 Å². The number of carbonyl (C=O) groups is 1. The average molecular weight is 366 g/mol. The van der Waals surface area contributed by atoms with Crippen LogP contribution in [0.2, 0.25) is 0 Å². The van der Waals surface area contributed by atoms with Crippen molar-refractivity contribution in [2.75, 3.05) is 49.5 Å². The van der Waals surface area contributed by atoms with Crippen molar-refractivity contribution in [3.8, 4) is 0 Å². The fourth-order valence-electron chi connectivity index (χ4n) is 3.01. The van der Waals surface area contributed by atoms with E-state index in [1.54, 1.807) is 19.2 Å². The van der Waals surface area contributed by atoms with Crippen LogP contribution < -0.4 is 10.2 Å². The molecule has 1 aliphatic heterocycles. The van der Waals surface area contributed by atoms with Gasteiger partial charge in [-0.3, -0.25) is 10.2 Å². The number of rotatable bonds is 6. The molecule has 2 heterocycles. The molecule has 27 heavy (non-hydrogen) atoms. The van der Waals surface area contributed by atoms with Crippen molar-refractivity contribution >= 4 is 23.7 Å². The van der Waals surface area contributed by atoms with Gasteiger partial charge in [0.2, 0.25) is 0 Å². The van der Waals surface area contributed by atoms with E-state index in [1.165, 1.54) is 5.56 Å². The van der Waals surface area contributed by atoms with Crippen molar-refractivity contribution in [1.82, 2.24) is 9.88 Å². The molecule has 1 N–H and O–H groups in total. The second-order valence-corrected chi connectivity index (χ2v) is 6.35. The normalized spacial score (nSPS) is 15.1. The molecule has 0 spiro atoms. The molecule has 1 aromatic heterocycles. The molecule has 1 saturated heterocycles. The standard InChI is InChI=1S/C21H26N4O2/c1-2-27-21(26)23-20-11-10-19(17-22-20)25-15-13-24(14-16-25)12-6-9-18-7-4-3-5-8-18/h3-11,17H,2,12-16H2,1H3,(H,22,23,26)/b9-6+. The van der Waals surface area contributed by atoms with E-state index >= 15 is 0 Å². The number of amides is 1. The average Bonchev–Trinajstić information content (AvgIpc) is 2.70. The van der Waals surface area contributed by atoms with E-state index in [4.69, 9.17) is 4.74 Å². The van der Waals surface area contributed by atoms with Crippen molar-refractivity contribution < 1.29 is 9.53 Å². The van der Waals surface area contributed by atoms with Crippen LogP contribution in [0.4, 0.5) is 16.3 Å².